The van der Waals surface area contributed by atoms with Gasteiger partial charge >= 0.3 is 0 Å². The Hall–Kier alpha value is -1.67. The third kappa shape index (κ3) is 4.15. The van der Waals surface area contributed by atoms with Crippen LogP contribution in [0.3, 0.4) is 0 Å². The Morgan fingerprint density at radius 3 is 2.33 bits per heavy atom. The van der Waals surface area contributed by atoms with Crippen LogP contribution in [-0.2, 0) is 6.54 Å². The maximum absolute atomic E-state index is 14.3. The SMILES string of the molecule is CCCNCc1ccc(-c2ccc(C(C)C)cc2)c(F)c1. The quantitative estimate of drug-likeness (QED) is 0.727. The molecule has 0 aliphatic carbocycles. The summed E-state index contributed by atoms with van der Waals surface area (Å²) in [5, 5.41) is 3.29. The largest absolute Gasteiger partial charge is 0.313 e. The lowest BCUT2D eigenvalue weighted by Gasteiger charge is -2.09. The summed E-state index contributed by atoms with van der Waals surface area (Å²) in [6.45, 7) is 8.12. The smallest absolute Gasteiger partial charge is 0.131 e. The van der Waals surface area contributed by atoms with E-state index in [1.165, 1.54) is 5.56 Å². The Balaban J connectivity index is 2.16. The van der Waals surface area contributed by atoms with Gasteiger partial charge in [-0.3, -0.25) is 0 Å². The van der Waals surface area contributed by atoms with E-state index in [0.29, 0.717) is 11.5 Å². The van der Waals surface area contributed by atoms with Crippen LogP contribution >= 0.6 is 0 Å². The van der Waals surface area contributed by atoms with E-state index in [9.17, 15) is 4.39 Å². The van der Waals surface area contributed by atoms with Gasteiger partial charge in [0.15, 0.2) is 0 Å². The lowest BCUT2D eigenvalue weighted by atomic mass is 9.98. The molecular formula is C19H24FN. The molecule has 21 heavy (non-hydrogen) atoms. The topological polar surface area (TPSA) is 12.0 Å². The summed E-state index contributed by atoms with van der Waals surface area (Å²) >= 11 is 0. The highest BCUT2D eigenvalue weighted by Crippen LogP contribution is 2.25. The Labute approximate surface area is 127 Å². The van der Waals surface area contributed by atoms with Crippen LogP contribution in [0.2, 0.25) is 0 Å². The molecule has 0 unspecified atom stereocenters. The number of benzene rings is 2. The highest BCUT2D eigenvalue weighted by Gasteiger charge is 2.07. The Kier molecular flexibility index (Phi) is 5.51. The minimum absolute atomic E-state index is 0.150. The van der Waals surface area contributed by atoms with Gasteiger partial charge < -0.3 is 5.32 Å². The molecule has 0 radical (unpaired) electrons. The van der Waals surface area contributed by atoms with E-state index in [4.69, 9.17) is 0 Å². The van der Waals surface area contributed by atoms with E-state index in [-0.39, 0.29) is 5.82 Å². The van der Waals surface area contributed by atoms with Gasteiger partial charge in [-0.25, -0.2) is 4.39 Å². The number of nitrogens with one attached hydrogen (secondary N) is 1. The molecule has 112 valence electrons. The second kappa shape index (κ2) is 7.37. The molecule has 0 bridgehead atoms. The monoisotopic (exact) mass is 285 g/mol. The third-order valence-electron chi connectivity index (χ3n) is 3.68. The van der Waals surface area contributed by atoms with Crippen LogP contribution in [0.25, 0.3) is 11.1 Å². The van der Waals surface area contributed by atoms with Gasteiger partial charge in [-0.1, -0.05) is 57.2 Å². The van der Waals surface area contributed by atoms with Crippen molar-refractivity contribution in [2.45, 2.75) is 39.7 Å². The first-order chi connectivity index (χ1) is 10.1. The van der Waals surface area contributed by atoms with Crippen LogP contribution in [0.15, 0.2) is 42.5 Å². The lowest BCUT2D eigenvalue weighted by molar-refractivity contribution is 0.622. The van der Waals surface area contributed by atoms with Gasteiger partial charge in [-0.2, -0.15) is 0 Å². The van der Waals surface area contributed by atoms with Gasteiger partial charge in [0.05, 0.1) is 0 Å². The average Bonchev–Trinajstić information content (AvgIpc) is 2.48. The van der Waals surface area contributed by atoms with E-state index in [1.807, 2.05) is 24.3 Å². The first-order valence-electron chi connectivity index (χ1n) is 7.71. The fourth-order valence-corrected chi connectivity index (χ4v) is 2.36. The molecule has 0 heterocycles. The van der Waals surface area contributed by atoms with E-state index < -0.39 is 0 Å². The van der Waals surface area contributed by atoms with Gasteiger partial charge in [-0.15, -0.1) is 0 Å². The van der Waals surface area contributed by atoms with Gasteiger partial charge in [0, 0.05) is 12.1 Å². The highest BCUT2D eigenvalue weighted by atomic mass is 19.1. The average molecular weight is 285 g/mol. The summed E-state index contributed by atoms with van der Waals surface area (Å²) in [6, 6.07) is 13.7. The van der Waals surface area contributed by atoms with Crippen molar-refractivity contribution in [2.75, 3.05) is 6.54 Å². The Morgan fingerprint density at radius 2 is 1.76 bits per heavy atom. The summed E-state index contributed by atoms with van der Waals surface area (Å²) in [6.07, 6.45) is 1.09. The van der Waals surface area contributed by atoms with Crippen LogP contribution in [0.4, 0.5) is 4.39 Å². The van der Waals surface area contributed by atoms with Crippen LogP contribution < -0.4 is 5.32 Å². The van der Waals surface area contributed by atoms with Gasteiger partial charge in [0.1, 0.15) is 5.82 Å². The van der Waals surface area contributed by atoms with Gasteiger partial charge in [-0.05, 0) is 41.6 Å². The Bertz CT molecular complexity index is 573. The van der Waals surface area contributed by atoms with Crippen LogP contribution in [0, 0.1) is 5.82 Å². The Morgan fingerprint density at radius 1 is 1.05 bits per heavy atom. The van der Waals surface area contributed by atoms with Crippen molar-refractivity contribution in [2.24, 2.45) is 0 Å². The fraction of sp³-hybridized carbons (Fsp3) is 0.368. The van der Waals surface area contributed by atoms with Crippen molar-refractivity contribution in [1.29, 1.82) is 0 Å². The molecule has 0 fully saturated rings. The zero-order valence-corrected chi connectivity index (χ0v) is 13.1. The number of rotatable bonds is 6. The molecule has 2 aromatic rings. The zero-order chi connectivity index (χ0) is 15.2. The molecule has 2 rings (SSSR count). The molecule has 0 spiro atoms. The van der Waals surface area contributed by atoms with Gasteiger partial charge in [0.25, 0.3) is 0 Å². The molecule has 0 aromatic heterocycles. The first kappa shape index (κ1) is 15.7. The normalized spacial score (nSPS) is 11.1. The van der Waals surface area contributed by atoms with Crippen LogP contribution in [-0.4, -0.2) is 6.54 Å². The molecule has 0 atom stereocenters. The highest BCUT2D eigenvalue weighted by molar-refractivity contribution is 5.64. The number of hydrogen-bond acceptors (Lipinski definition) is 1. The maximum Gasteiger partial charge on any atom is 0.131 e. The lowest BCUT2D eigenvalue weighted by Crippen LogP contribution is -2.13. The van der Waals surface area contributed by atoms with E-state index in [2.05, 4.69) is 38.2 Å². The van der Waals surface area contributed by atoms with Crippen molar-refractivity contribution < 1.29 is 4.39 Å². The summed E-state index contributed by atoms with van der Waals surface area (Å²) < 4.78 is 14.3. The summed E-state index contributed by atoms with van der Waals surface area (Å²) in [4.78, 5) is 0. The second-order valence-corrected chi connectivity index (χ2v) is 5.77. The molecule has 0 aliphatic rings. The molecule has 0 saturated heterocycles. The fourth-order valence-electron chi connectivity index (χ4n) is 2.36. The molecule has 2 aromatic carbocycles. The van der Waals surface area contributed by atoms with E-state index >= 15 is 0 Å². The third-order valence-corrected chi connectivity index (χ3v) is 3.68. The van der Waals surface area contributed by atoms with Crippen molar-refractivity contribution >= 4 is 0 Å². The molecule has 0 amide bonds. The molecule has 1 N–H and O–H groups in total. The van der Waals surface area contributed by atoms with Crippen molar-refractivity contribution in [3.63, 3.8) is 0 Å². The minimum atomic E-state index is -0.150. The van der Waals surface area contributed by atoms with Crippen LogP contribution in [0.5, 0.6) is 0 Å². The molecule has 0 aliphatic heterocycles. The number of hydrogen-bond donors (Lipinski definition) is 1. The standard InChI is InChI=1S/C19H24FN/c1-4-11-21-13-15-5-10-18(19(20)12-15)17-8-6-16(7-9-17)14(2)3/h5-10,12,14,21H,4,11,13H2,1-3H3. The predicted molar refractivity (Wildman–Crippen MR) is 87.9 cm³/mol. The van der Waals surface area contributed by atoms with Gasteiger partial charge in [0.2, 0.25) is 0 Å². The second-order valence-electron chi connectivity index (χ2n) is 5.77. The summed E-state index contributed by atoms with van der Waals surface area (Å²) in [7, 11) is 0. The van der Waals surface area contributed by atoms with E-state index in [1.54, 1.807) is 6.07 Å². The summed E-state index contributed by atoms with van der Waals surface area (Å²) in [5.74, 6) is 0.346. The molecule has 1 nitrogen and oxygen atoms in total. The predicted octanol–water partition coefficient (Wildman–Crippen LogP) is 5.12. The van der Waals surface area contributed by atoms with Crippen molar-refractivity contribution in [1.82, 2.24) is 5.32 Å². The molecular weight excluding hydrogens is 261 g/mol. The molecule has 0 saturated carbocycles. The minimum Gasteiger partial charge on any atom is -0.313 e. The molecule has 2 heteroatoms. The zero-order valence-electron chi connectivity index (χ0n) is 13.1. The maximum atomic E-state index is 14.3. The van der Waals surface area contributed by atoms with Crippen molar-refractivity contribution in [3.05, 3.63) is 59.4 Å². The van der Waals surface area contributed by atoms with E-state index in [0.717, 1.165) is 30.6 Å². The van der Waals surface area contributed by atoms with Crippen LogP contribution in [0.1, 0.15) is 44.2 Å². The summed E-state index contributed by atoms with van der Waals surface area (Å²) in [5.41, 5.74) is 3.87. The van der Waals surface area contributed by atoms with Crippen molar-refractivity contribution in [3.8, 4) is 11.1 Å². The number of halogens is 1. The first-order valence-corrected chi connectivity index (χ1v) is 7.71.